The number of pyridine rings is 1. The molecule has 96 valence electrons. The van der Waals surface area contributed by atoms with E-state index in [0.717, 1.165) is 27.0 Å². The van der Waals surface area contributed by atoms with Crippen molar-refractivity contribution < 1.29 is 0 Å². The van der Waals surface area contributed by atoms with Gasteiger partial charge in [-0.15, -0.1) is 11.3 Å². The van der Waals surface area contributed by atoms with Crippen molar-refractivity contribution in [3.63, 3.8) is 0 Å². The van der Waals surface area contributed by atoms with Crippen molar-refractivity contribution in [1.82, 2.24) is 9.97 Å². The number of thiazole rings is 1. The van der Waals surface area contributed by atoms with Crippen LogP contribution in [0.5, 0.6) is 0 Å². The maximum atomic E-state index is 6.00. The van der Waals surface area contributed by atoms with Crippen molar-refractivity contribution in [2.45, 2.75) is 19.8 Å². The second kappa shape index (κ2) is 4.63. The SMILES string of the molecule is CC(C)c1cc2cc(-c3nccs3)ccc2nc1N. The number of nitrogens with two attached hydrogens (primary N) is 1. The van der Waals surface area contributed by atoms with Gasteiger partial charge in [0.1, 0.15) is 10.8 Å². The summed E-state index contributed by atoms with van der Waals surface area (Å²) in [5.41, 5.74) is 9.16. The monoisotopic (exact) mass is 269 g/mol. The molecule has 0 amide bonds. The van der Waals surface area contributed by atoms with E-state index >= 15 is 0 Å². The molecule has 2 heterocycles. The Morgan fingerprint density at radius 2 is 2.05 bits per heavy atom. The summed E-state index contributed by atoms with van der Waals surface area (Å²) in [6.07, 6.45) is 1.82. The topological polar surface area (TPSA) is 51.8 Å². The van der Waals surface area contributed by atoms with E-state index < -0.39 is 0 Å². The molecule has 3 rings (SSSR count). The standard InChI is InChI=1S/C15H15N3S/c1-9(2)12-8-11-7-10(15-17-5-6-19-15)3-4-13(11)18-14(12)16/h3-9H,1-2H3,(H2,16,18). The van der Waals surface area contributed by atoms with Crippen LogP contribution >= 0.6 is 11.3 Å². The highest BCUT2D eigenvalue weighted by molar-refractivity contribution is 7.13. The molecule has 3 aromatic rings. The Hall–Kier alpha value is -1.94. The third-order valence-electron chi connectivity index (χ3n) is 3.18. The molecule has 3 nitrogen and oxygen atoms in total. The Balaban J connectivity index is 2.19. The van der Waals surface area contributed by atoms with Gasteiger partial charge in [-0.25, -0.2) is 9.97 Å². The summed E-state index contributed by atoms with van der Waals surface area (Å²) in [6, 6.07) is 8.32. The van der Waals surface area contributed by atoms with E-state index in [-0.39, 0.29) is 0 Å². The number of fused-ring (bicyclic) bond motifs is 1. The highest BCUT2D eigenvalue weighted by Gasteiger charge is 2.09. The van der Waals surface area contributed by atoms with Gasteiger partial charge in [-0.05, 0) is 35.7 Å². The highest BCUT2D eigenvalue weighted by atomic mass is 32.1. The lowest BCUT2D eigenvalue weighted by atomic mass is 10.0. The minimum Gasteiger partial charge on any atom is -0.383 e. The number of hydrogen-bond donors (Lipinski definition) is 1. The molecule has 0 bridgehead atoms. The molecule has 0 radical (unpaired) electrons. The predicted molar refractivity (Wildman–Crippen MR) is 81.4 cm³/mol. The Morgan fingerprint density at radius 1 is 1.21 bits per heavy atom. The fourth-order valence-electron chi connectivity index (χ4n) is 2.17. The van der Waals surface area contributed by atoms with Gasteiger partial charge < -0.3 is 5.73 Å². The summed E-state index contributed by atoms with van der Waals surface area (Å²) in [4.78, 5) is 8.82. The lowest BCUT2D eigenvalue weighted by Crippen LogP contribution is -2.00. The number of benzene rings is 1. The largest absolute Gasteiger partial charge is 0.383 e. The fourth-order valence-corrected chi connectivity index (χ4v) is 2.80. The zero-order chi connectivity index (χ0) is 13.4. The number of nitrogens with zero attached hydrogens (tertiary/aromatic N) is 2. The van der Waals surface area contributed by atoms with Crippen LogP contribution in [0.25, 0.3) is 21.5 Å². The molecule has 19 heavy (non-hydrogen) atoms. The van der Waals surface area contributed by atoms with Gasteiger partial charge in [0.05, 0.1) is 5.52 Å². The zero-order valence-corrected chi connectivity index (χ0v) is 11.7. The van der Waals surface area contributed by atoms with Crippen LogP contribution in [0, 0.1) is 0 Å². The molecule has 1 aromatic carbocycles. The first kappa shape index (κ1) is 12.1. The van der Waals surface area contributed by atoms with Crippen LogP contribution in [0.2, 0.25) is 0 Å². The number of anilines is 1. The molecule has 0 aliphatic rings. The quantitative estimate of drug-likeness (QED) is 0.763. The molecule has 0 unspecified atom stereocenters. The van der Waals surface area contributed by atoms with Gasteiger partial charge in [0.25, 0.3) is 0 Å². The smallest absolute Gasteiger partial charge is 0.127 e. The van der Waals surface area contributed by atoms with Crippen LogP contribution in [-0.2, 0) is 0 Å². The molecule has 2 N–H and O–H groups in total. The number of aromatic nitrogens is 2. The van der Waals surface area contributed by atoms with Crippen molar-refractivity contribution in [2.75, 3.05) is 5.73 Å². The second-order valence-corrected chi connectivity index (χ2v) is 5.76. The summed E-state index contributed by atoms with van der Waals surface area (Å²) in [6.45, 7) is 4.26. The van der Waals surface area contributed by atoms with Crippen LogP contribution in [0.15, 0.2) is 35.8 Å². The van der Waals surface area contributed by atoms with E-state index in [1.54, 1.807) is 11.3 Å². The maximum Gasteiger partial charge on any atom is 0.127 e. The Bertz CT molecular complexity index is 718. The minimum atomic E-state index is 0.375. The van der Waals surface area contributed by atoms with E-state index in [1.807, 2.05) is 23.7 Å². The first-order chi connectivity index (χ1) is 9.15. The van der Waals surface area contributed by atoms with Crippen LogP contribution < -0.4 is 5.73 Å². The summed E-state index contributed by atoms with van der Waals surface area (Å²) in [5, 5.41) is 4.13. The Kier molecular flexibility index (Phi) is 2.95. The molecule has 0 aliphatic heterocycles. The molecular weight excluding hydrogens is 254 g/mol. The molecule has 2 aromatic heterocycles. The summed E-state index contributed by atoms with van der Waals surface area (Å²) in [5.74, 6) is 1.00. The summed E-state index contributed by atoms with van der Waals surface area (Å²) < 4.78 is 0. The lowest BCUT2D eigenvalue weighted by Gasteiger charge is -2.10. The van der Waals surface area contributed by atoms with E-state index in [9.17, 15) is 0 Å². The third-order valence-corrected chi connectivity index (χ3v) is 4.00. The maximum absolute atomic E-state index is 6.00. The van der Waals surface area contributed by atoms with Crippen molar-refractivity contribution in [2.24, 2.45) is 0 Å². The first-order valence-electron chi connectivity index (χ1n) is 6.25. The van der Waals surface area contributed by atoms with E-state index in [4.69, 9.17) is 5.73 Å². The molecule has 0 spiro atoms. The summed E-state index contributed by atoms with van der Waals surface area (Å²) in [7, 11) is 0. The van der Waals surface area contributed by atoms with Gasteiger partial charge >= 0.3 is 0 Å². The van der Waals surface area contributed by atoms with Gasteiger partial charge in [0, 0.05) is 22.5 Å². The fraction of sp³-hybridized carbons (Fsp3) is 0.200. The molecular formula is C15H15N3S. The number of nitrogen functional groups attached to an aromatic ring is 1. The Labute approximate surface area is 116 Å². The van der Waals surface area contributed by atoms with E-state index in [1.165, 1.54) is 0 Å². The normalized spacial score (nSPS) is 11.3. The molecule has 0 fully saturated rings. The second-order valence-electron chi connectivity index (χ2n) is 4.86. The molecule has 4 heteroatoms. The highest BCUT2D eigenvalue weighted by Crippen LogP contribution is 2.29. The van der Waals surface area contributed by atoms with Crippen molar-refractivity contribution in [1.29, 1.82) is 0 Å². The van der Waals surface area contributed by atoms with Gasteiger partial charge in [-0.2, -0.15) is 0 Å². The van der Waals surface area contributed by atoms with Crippen LogP contribution in [0.3, 0.4) is 0 Å². The Morgan fingerprint density at radius 3 is 2.74 bits per heavy atom. The van der Waals surface area contributed by atoms with Crippen molar-refractivity contribution in [3.05, 3.63) is 41.4 Å². The molecule has 0 saturated carbocycles. The van der Waals surface area contributed by atoms with E-state index in [2.05, 4.69) is 35.9 Å². The number of rotatable bonds is 2. The van der Waals surface area contributed by atoms with Gasteiger partial charge in [0.15, 0.2) is 0 Å². The molecule has 0 aliphatic carbocycles. The lowest BCUT2D eigenvalue weighted by molar-refractivity contribution is 0.866. The van der Waals surface area contributed by atoms with Gasteiger partial charge in [0.2, 0.25) is 0 Å². The number of hydrogen-bond acceptors (Lipinski definition) is 4. The first-order valence-corrected chi connectivity index (χ1v) is 7.13. The van der Waals surface area contributed by atoms with Gasteiger partial charge in [-0.3, -0.25) is 0 Å². The molecule has 0 atom stereocenters. The van der Waals surface area contributed by atoms with E-state index in [0.29, 0.717) is 11.7 Å². The average Bonchev–Trinajstić information content (AvgIpc) is 2.91. The minimum absolute atomic E-state index is 0.375. The van der Waals surface area contributed by atoms with Crippen LogP contribution in [0.1, 0.15) is 25.3 Å². The zero-order valence-electron chi connectivity index (χ0n) is 10.9. The molecule has 0 saturated heterocycles. The predicted octanol–water partition coefficient (Wildman–Crippen LogP) is 4.06. The van der Waals surface area contributed by atoms with Crippen LogP contribution in [-0.4, -0.2) is 9.97 Å². The van der Waals surface area contributed by atoms with Gasteiger partial charge in [-0.1, -0.05) is 13.8 Å². The van der Waals surface area contributed by atoms with Crippen LogP contribution in [0.4, 0.5) is 5.82 Å². The van der Waals surface area contributed by atoms with Crippen molar-refractivity contribution >= 4 is 28.1 Å². The summed E-state index contributed by atoms with van der Waals surface area (Å²) >= 11 is 1.64. The van der Waals surface area contributed by atoms with Crippen molar-refractivity contribution in [3.8, 4) is 10.6 Å². The average molecular weight is 269 g/mol. The third kappa shape index (κ3) is 2.19.